The number of aromatic nitrogens is 1. The number of nitrogens with zero attached hydrogens (tertiary/aromatic N) is 1. The van der Waals surface area contributed by atoms with Crippen LogP contribution < -0.4 is 4.74 Å². The fraction of sp³-hybridized carbons (Fsp3) is 0.200. The Kier molecular flexibility index (Phi) is 2.80. The number of hydrogen-bond donors (Lipinski definition) is 0. The van der Waals surface area contributed by atoms with E-state index in [2.05, 4.69) is 11.6 Å². The number of carbonyl (C=O) groups excluding carboxylic acids is 1. The third-order valence-electron chi connectivity index (χ3n) is 1.60. The summed E-state index contributed by atoms with van der Waals surface area (Å²) in [7, 11) is 1.48. The van der Waals surface area contributed by atoms with Crippen molar-refractivity contribution < 1.29 is 9.53 Å². The average molecular weight is 177 g/mol. The van der Waals surface area contributed by atoms with Crippen LogP contribution in [0.4, 0.5) is 0 Å². The van der Waals surface area contributed by atoms with Crippen molar-refractivity contribution in [2.75, 3.05) is 7.11 Å². The molecule has 0 aliphatic carbocycles. The second kappa shape index (κ2) is 3.85. The number of methoxy groups -OCH3 is 1. The molecule has 0 saturated heterocycles. The van der Waals surface area contributed by atoms with E-state index in [0.29, 0.717) is 17.0 Å². The SMILES string of the molecule is C=C(C)C(=O)c1cccnc1OC. The molecule has 0 atom stereocenters. The molecule has 0 saturated carbocycles. The van der Waals surface area contributed by atoms with Gasteiger partial charge < -0.3 is 4.74 Å². The Bertz CT molecular complexity index is 345. The average Bonchev–Trinajstić information content (AvgIpc) is 2.16. The normalized spacial score (nSPS) is 9.38. The van der Waals surface area contributed by atoms with Crippen LogP contribution >= 0.6 is 0 Å². The van der Waals surface area contributed by atoms with E-state index < -0.39 is 0 Å². The minimum atomic E-state index is -0.134. The zero-order valence-corrected chi connectivity index (χ0v) is 7.70. The highest BCUT2D eigenvalue weighted by Gasteiger charge is 2.12. The highest BCUT2D eigenvalue weighted by molar-refractivity contribution is 6.09. The molecule has 3 heteroatoms. The minimum absolute atomic E-state index is 0.134. The summed E-state index contributed by atoms with van der Waals surface area (Å²) in [5, 5.41) is 0. The summed E-state index contributed by atoms with van der Waals surface area (Å²) in [4.78, 5) is 15.4. The maximum atomic E-state index is 11.5. The van der Waals surface area contributed by atoms with Gasteiger partial charge >= 0.3 is 0 Å². The quantitative estimate of drug-likeness (QED) is 0.522. The number of ketones is 1. The fourth-order valence-electron chi connectivity index (χ4n) is 0.956. The molecule has 0 aromatic carbocycles. The zero-order valence-electron chi connectivity index (χ0n) is 7.70. The zero-order chi connectivity index (χ0) is 9.84. The van der Waals surface area contributed by atoms with E-state index in [1.807, 2.05) is 0 Å². The Labute approximate surface area is 77.1 Å². The second-order valence-electron chi connectivity index (χ2n) is 2.67. The topological polar surface area (TPSA) is 39.2 Å². The number of Topliss-reactive ketones (excluding diaryl/α,β-unsaturated/α-hetero) is 1. The maximum Gasteiger partial charge on any atom is 0.224 e. The van der Waals surface area contributed by atoms with E-state index in [-0.39, 0.29) is 5.78 Å². The number of allylic oxidation sites excluding steroid dienone is 1. The Balaban J connectivity index is 3.13. The summed E-state index contributed by atoms with van der Waals surface area (Å²) in [5.74, 6) is 0.209. The van der Waals surface area contributed by atoms with Gasteiger partial charge in [0.15, 0.2) is 5.78 Å². The van der Waals surface area contributed by atoms with Crippen LogP contribution in [0.5, 0.6) is 5.88 Å². The smallest absolute Gasteiger partial charge is 0.224 e. The van der Waals surface area contributed by atoms with Gasteiger partial charge in [0.05, 0.1) is 12.7 Å². The lowest BCUT2D eigenvalue weighted by molar-refractivity contribution is 0.103. The number of pyridine rings is 1. The van der Waals surface area contributed by atoms with Gasteiger partial charge in [-0.2, -0.15) is 0 Å². The highest BCUT2D eigenvalue weighted by Crippen LogP contribution is 2.16. The molecule has 13 heavy (non-hydrogen) atoms. The van der Waals surface area contributed by atoms with Crippen molar-refractivity contribution in [1.29, 1.82) is 0 Å². The molecule has 1 rings (SSSR count). The first kappa shape index (κ1) is 9.45. The summed E-state index contributed by atoms with van der Waals surface area (Å²) in [6.45, 7) is 5.24. The summed E-state index contributed by atoms with van der Waals surface area (Å²) >= 11 is 0. The van der Waals surface area contributed by atoms with Crippen molar-refractivity contribution in [3.05, 3.63) is 36.0 Å². The lowest BCUT2D eigenvalue weighted by Gasteiger charge is -2.04. The van der Waals surface area contributed by atoms with Gasteiger partial charge in [-0.3, -0.25) is 4.79 Å². The molecule has 3 nitrogen and oxygen atoms in total. The Morgan fingerprint density at radius 1 is 1.62 bits per heavy atom. The fourth-order valence-corrected chi connectivity index (χ4v) is 0.956. The number of rotatable bonds is 3. The first-order valence-corrected chi connectivity index (χ1v) is 3.86. The maximum absolute atomic E-state index is 11.5. The molecule has 0 unspecified atom stereocenters. The highest BCUT2D eigenvalue weighted by atomic mass is 16.5. The van der Waals surface area contributed by atoms with Crippen LogP contribution in [0.2, 0.25) is 0 Å². The Morgan fingerprint density at radius 3 is 2.85 bits per heavy atom. The van der Waals surface area contributed by atoms with Crippen LogP contribution in [0.1, 0.15) is 17.3 Å². The molecular weight excluding hydrogens is 166 g/mol. The summed E-state index contributed by atoms with van der Waals surface area (Å²) < 4.78 is 4.94. The van der Waals surface area contributed by atoms with Crippen molar-refractivity contribution in [1.82, 2.24) is 4.98 Å². The molecule has 0 aliphatic heterocycles. The van der Waals surface area contributed by atoms with Crippen molar-refractivity contribution >= 4 is 5.78 Å². The molecule has 68 valence electrons. The molecule has 1 aromatic rings. The molecule has 0 spiro atoms. The third-order valence-corrected chi connectivity index (χ3v) is 1.60. The number of ether oxygens (including phenoxy) is 1. The van der Waals surface area contributed by atoms with Crippen molar-refractivity contribution in [2.45, 2.75) is 6.92 Å². The van der Waals surface area contributed by atoms with Crippen LogP contribution in [-0.2, 0) is 0 Å². The molecule has 1 aromatic heterocycles. The predicted molar refractivity (Wildman–Crippen MR) is 49.9 cm³/mol. The molecule has 0 aliphatic rings. The standard InChI is InChI=1S/C10H11NO2/c1-7(2)9(12)8-5-4-6-11-10(8)13-3/h4-6H,1H2,2-3H3. The largest absolute Gasteiger partial charge is 0.480 e. The molecular formula is C10H11NO2. The summed E-state index contributed by atoms with van der Waals surface area (Å²) in [6.07, 6.45) is 1.58. The molecule has 0 radical (unpaired) electrons. The van der Waals surface area contributed by atoms with Crippen molar-refractivity contribution in [3.8, 4) is 5.88 Å². The van der Waals surface area contributed by atoms with Crippen LogP contribution in [-0.4, -0.2) is 17.9 Å². The summed E-state index contributed by atoms with van der Waals surface area (Å²) in [6, 6.07) is 3.36. The number of hydrogen-bond acceptors (Lipinski definition) is 3. The second-order valence-corrected chi connectivity index (χ2v) is 2.67. The van der Waals surface area contributed by atoms with Gasteiger partial charge in [0.25, 0.3) is 0 Å². The van der Waals surface area contributed by atoms with E-state index in [1.54, 1.807) is 25.3 Å². The molecule has 0 bridgehead atoms. The van der Waals surface area contributed by atoms with E-state index in [1.165, 1.54) is 7.11 Å². The Hall–Kier alpha value is -1.64. The van der Waals surface area contributed by atoms with E-state index in [4.69, 9.17) is 4.74 Å². The lowest BCUT2D eigenvalue weighted by atomic mass is 10.1. The first-order valence-electron chi connectivity index (χ1n) is 3.86. The lowest BCUT2D eigenvalue weighted by Crippen LogP contribution is -2.03. The van der Waals surface area contributed by atoms with Crippen LogP contribution in [0.25, 0.3) is 0 Å². The molecule has 1 heterocycles. The van der Waals surface area contributed by atoms with Gasteiger partial charge in [-0.05, 0) is 24.6 Å². The summed E-state index contributed by atoms with van der Waals surface area (Å²) in [5.41, 5.74) is 0.934. The van der Waals surface area contributed by atoms with E-state index in [0.717, 1.165) is 0 Å². The predicted octanol–water partition coefficient (Wildman–Crippen LogP) is 1.85. The van der Waals surface area contributed by atoms with Gasteiger partial charge in [0.1, 0.15) is 0 Å². The molecule has 0 fully saturated rings. The van der Waals surface area contributed by atoms with Crippen molar-refractivity contribution in [3.63, 3.8) is 0 Å². The molecule has 0 N–H and O–H groups in total. The monoisotopic (exact) mass is 177 g/mol. The molecule has 0 amide bonds. The van der Waals surface area contributed by atoms with Crippen LogP contribution in [0.15, 0.2) is 30.5 Å². The number of carbonyl (C=O) groups is 1. The van der Waals surface area contributed by atoms with E-state index >= 15 is 0 Å². The third kappa shape index (κ3) is 1.93. The van der Waals surface area contributed by atoms with E-state index in [9.17, 15) is 4.79 Å². The minimum Gasteiger partial charge on any atom is -0.480 e. The van der Waals surface area contributed by atoms with Gasteiger partial charge in [-0.15, -0.1) is 0 Å². The van der Waals surface area contributed by atoms with Gasteiger partial charge in [-0.25, -0.2) is 4.98 Å². The van der Waals surface area contributed by atoms with Gasteiger partial charge in [0.2, 0.25) is 5.88 Å². The van der Waals surface area contributed by atoms with Crippen LogP contribution in [0.3, 0.4) is 0 Å². The first-order chi connectivity index (χ1) is 6.16. The van der Waals surface area contributed by atoms with Gasteiger partial charge in [-0.1, -0.05) is 6.58 Å². The van der Waals surface area contributed by atoms with Gasteiger partial charge in [0, 0.05) is 6.20 Å². The van der Waals surface area contributed by atoms with Crippen molar-refractivity contribution in [2.24, 2.45) is 0 Å². The Morgan fingerprint density at radius 2 is 2.31 bits per heavy atom. The van der Waals surface area contributed by atoms with Crippen LogP contribution in [0, 0.1) is 0 Å².